The molecule has 4 amide bonds. The molecule has 0 saturated carbocycles. The lowest BCUT2D eigenvalue weighted by atomic mass is 9.82. The van der Waals surface area contributed by atoms with E-state index in [9.17, 15) is 24.3 Å². The van der Waals surface area contributed by atoms with Gasteiger partial charge in [0, 0.05) is 85.0 Å². The maximum absolute atomic E-state index is 13.2. The van der Waals surface area contributed by atoms with Crippen molar-refractivity contribution in [2.24, 2.45) is 11.8 Å². The molecule has 13 heteroatoms. The molecule has 1 aromatic heterocycles. The smallest absolute Gasteiger partial charge is 0.255 e. The van der Waals surface area contributed by atoms with Crippen molar-refractivity contribution in [2.75, 3.05) is 55.3 Å². The van der Waals surface area contributed by atoms with Crippen LogP contribution in [0.4, 0.5) is 17.1 Å². The zero-order valence-electron chi connectivity index (χ0n) is 35.4. The summed E-state index contributed by atoms with van der Waals surface area (Å²) in [5.74, 6) is 0.196. The van der Waals surface area contributed by atoms with Crippen LogP contribution in [-0.4, -0.2) is 99.8 Å². The molecule has 4 atom stereocenters. The van der Waals surface area contributed by atoms with Crippen LogP contribution in [0.2, 0.25) is 0 Å². The van der Waals surface area contributed by atoms with E-state index in [0.29, 0.717) is 36.8 Å². The Kier molecular flexibility index (Phi) is 12.6. The summed E-state index contributed by atoms with van der Waals surface area (Å²) in [6.07, 6.45) is 11.1. The molecule has 13 nitrogen and oxygen atoms in total. The predicted octanol–water partition coefficient (Wildman–Crippen LogP) is 6.18. The third-order valence-electron chi connectivity index (χ3n) is 13.9. The second-order valence-electron chi connectivity index (χ2n) is 17.8. The highest BCUT2D eigenvalue weighted by Gasteiger charge is 2.44. The molecule has 3 fully saturated rings. The van der Waals surface area contributed by atoms with Crippen LogP contribution in [0.1, 0.15) is 90.9 Å². The number of aliphatic hydroxyl groups excluding tert-OH is 1. The first kappa shape index (κ1) is 41.7. The highest BCUT2D eigenvalue weighted by atomic mass is 16.3. The van der Waals surface area contributed by atoms with Gasteiger partial charge in [0.05, 0.1) is 12.6 Å². The SMILES string of the molecule is O=C1CCC(N2Cc3c(NCCCC4CCN(CCCC(=O)Nc5cccc(-c6ccc7c(c6)[C@H]6[C@H](CCN6Cc6ccncc6)[C@@H](CO)N7)c5)CC4)cccc3C2=O)C(=O)N1. The van der Waals surface area contributed by atoms with E-state index in [0.717, 1.165) is 112 Å². The molecule has 3 saturated heterocycles. The summed E-state index contributed by atoms with van der Waals surface area (Å²) in [5.41, 5.74) is 9.03. The van der Waals surface area contributed by atoms with E-state index in [1.165, 1.54) is 11.1 Å². The Hall–Kier alpha value is -5.63. The van der Waals surface area contributed by atoms with Gasteiger partial charge in [-0.05, 0) is 148 Å². The largest absolute Gasteiger partial charge is 0.394 e. The minimum atomic E-state index is -0.614. The summed E-state index contributed by atoms with van der Waals surface area (Å²) in [7, 11) is 0. The number of rotatable bonds is 15. The third-order valence-corrected chi connectivity index (χ3v) is 13.9. The van der Waals surface area contributed by atoms with Crippen LogP contribution in [0.3, 0.4) is 0 Å². The predicted molar refractivity (Wildman–Crippen MR) is 239 cm³/mol. The van der Waals surface area contributed by atoms with Gasteiger partial charge in [-0.25, -0.2) is 0 Å². The van der Waals surface area contributed by atoms with E-state index < -0.39 is 11.9 Å². The number of piperidine rings is 2. The Bertz CT molecular complexity index is 2280. The molecule has 62 heavy (non-hydrogen) atoms. The van der Waals surface area contributed by atoms with E-state index in [2.05, 4.69) is 78.5 Å². The van der Waals surface area contributed by atoms with Gasteiger partial charge >= 0.3 is 0 Å². The Morgan fingerprint density at radius 3 is 2.53 bits per heavy atom. The van der Waals surface area contributed by atoms with Crippen molar-refractivity contribution in [3.63, 3.8) is 0 Å². The minimum Gasteiger partial charge on any atom is -0.394 e. The number of carbonyl (C=O) groups is 4. The summed E-state index contributed by atoms with van der Waals surface area (Å²) in [6, 6.07) is 24.2. The Morgan fingerprint density at radius 1 is 0.887 bits per heavy atom. The van der Waals surface area contributed by atoms with Gasteiger partial charge in [0.1, 0.15) is 6.04 Å². The first-order chi connectivity index (χ1) is 30.3. The summed E-state index contributed by atoms with van der Waals surface area (Å²) < 4.78 is 0. The van der Waals surface area contributed by atoms with Gasteiger partial charge in [-0.15, -0.1) is 0 Å². The Balaban J connectivity index is 0.708. The molecule has 1 unspecified atom stereocenters. The number of nitrogens with zero attached hydrogens (tertiary/aromatic N) is 4. The summed E-state index contributed by atoms with van der Waals surface area (Å²) >= 11 is 0. The Morgan fingerprint density at radius 2 is 1.71 bits per heavy atom. The zero-order chi connectivity index (χ0) is 42.6. The molecular weight excluding hydrogens is 781 g/mol. The molecule has 324 valence electrons. The highest BCUT2D eigenvalue weighted by molar-refractivity contribution is 6.06. The van der Waals surface area contributed by atoms with Gasteiger partial charge in [0.2, 0.25) is 17.7 Å². The average Bonchev–Trinajstić information content (AvgIpc) is 3.86. The number of hydrogen-bond acceptors (Lipinski definition) is 10. The third kappa shape index (κ3) is 9.11. The number of likely N-dealkylation sites (tertiary alicyclic amines) is 2. The van der Waals surface area contributed by atoms with Gasteiger partial charge in [0.15, 0.2) is 0 Å². The number of nitrogens with one attached hydrogen (secondary N) is 4. The van der Waals surface area contributed by atoms with Gasteiger partial charge in [-0.1, -0.05) is 24.3 Å². The van der Waals surface area contributed by atoms with Crippen molar-refractivity contribution >= 4 is 40.7 Å². The molecule has 9 rings (SSSR count). The number of aromatic nitrogens is 1. The fourth-order valence-electron chi connectivity index (χ4n) is 10.6. The molecular formula is C49H58N8O5. The van der Waals surface area contributed by atoms with Crippen molar-refractivity contribution in [2.45, 2.75) is 89.0 Å². The van der Waals surface area contributed by atoms with Crippen LogP contribution in [0, 0.1) is 11.8 Å². The first-order valence-corrected chi connectivity index (χ1v) is 22.6. The molecule has 6 heterocycles. The van der Waals surface area contributed by atoms with Crippen molar-refractivity contribution in [3.8, 4) is 11.1 Å². The molecule has 5 N–H and O–H groups in total. The van der Waals surface area contributed by atoms with Crippen LogP contribution in [0.5, 0.6) is 0 Å². The number of anilines is 3. The maximum Gasteiger partial charge on any atom is 0.255 e. The van der Waals surface area contributed by atoms with Crippen LogP contribution >= 0.6 is 0 Å². The van der Waals surface area contributed by atoms with E-state index >= 15 is 0 Å². The van der Waals surface area contributed by atoms with Crippen molar-refractivity contribution in [1.29, 1.82) is 0 Å². The van der Waals surface area contributed by atoms with E-state index in [-0.39, 0.29) is 42.8 Å². The zero-order valence-corrected chi connectivity index (χ0v) is 35.4. The lowest BCUT2D eigenvalue weighted by Gasteiger charge is -2.39. The van der Waals surface area contributed by atoms with Gasteiger partial charge in [0.25, 0.3) is 5.91 Å². The molecule has 5 aliphatic rings. The van der Waals surface area contributed by atoms with Gasteiger partial charge in [-0.2, -0.15) is 0 Å². The minimum absolute atomic E-state index is 0.0220. The normalized spacial score (nSPS) is 22.7. The molecule has 3 aromatic carbocycles. The maximum atomic E-state index is 13.2. The van der Waals surface area contributed by atoms with Crippen molar-refractivity contribution < 1.29 is 24.3 Å². The standard InChI is InChI=1S/C49H58N8O5/c58-31-43-38-19-26-56(29-33-15-21-50-22-16-33)47(38)39-28-35(11-12-42(39)53-43)34-6-1-7-36(27-34)52-45(59)10-4-23-55-24-17-32(18-25-55)5-3-20-51-41-9-2-8-37-40(41)30-57(49(37)62)44-13-14-46(60)54-48(44)61/h1-2,6-9,11-12,15-16,21-22,27-28,32,38,43-44,47,51,53,58H,3-5,10,13-14,17-20,23-26,29-31H2,(H,52,59)(H,54,60,61)/t38-,43-,44?,47-/m1/s1. The lowest BCUT2D eigenvalue weighted by molar-refractivity contribution is -0.137. The highest BCUT2D eigenvalue weighted by Crippen LogP contribution is 2.48. The number of fused-ring (bicyclic) bond motifs is 4. The van der Waals surface area contributed by atoms with Crippen LogP contribution in [0.25, 0.3) is 11.1 Å². The number of carbonyl (C=O) groups excluding carboxylic acids is 4. The van der Waals surface area contributed by atoms with Gasteiger partial charge in [-0.3, -0.25) is 34.4 Å². The second kappa shape index (κ2) is 18.8. The molecule has 0 bridgehead atoms. The number of pyridine rings is 1. The molecule has 5 aliphatic heterocycles. The van der Waals surface area contributed by atoms with Crippen molar-refractivity contribution in [3.05, 3.63) is 107 Å². The molecule has 4 aromatic rings. The monoisotopic (exact) mass is 838 g/mol. The fourth-order valence-corrected chi connectivity index (χ4v) is 10.6. The van der Waals surface area contributed by atoms with Crippen molar-refractivity contribution in [1.82, 2.24) is 25.0 Å². The van der Waals surface area contributed by atoms with Crippen LogP contribution in [-0.2, 0) is 27.5 Å². The summed E-state index contributed by atoms with van der Waals surface area (Å²) in [4.78, 5) is 61.3. The summed E-state index contributed by atoms with van der Waals surface area (Å²) in [6.45, 7) is 6.10. The molecule has 0 radical (unpaired) electrons. The lowest BCUT2D eigenvalue weighted by Crippen LogP contribution is -2.52. The van der Waals surface area contributed by atoms with Gasteiger partial charge < -0.3 is 30.9 Å². The van der Waals surface area contributed by atoms with E-state index in [1.54, 1.807) is 4.90 Å². The average molecular weight is 839 g/mol. The topological polar surface area (TPSA) is 159 Å². The van der Waals surface area contributed by atoms with Crippen LogP contribution < -0.4 is 21.3 Å². The first-order valence-electron chi connectivity index (χ1n) is 22.6. The number of amides is 4. The number of imide groups is 1. The quantitative estimate of drug-likeness (QED) is 0.0692. The fraction of sp³-hybridized carbons (Fsp3) is 0.449. The molecule has 0 spiro atoms. The number of benzene rings is 3. The summed E-state index contributed by atoms with van der Waals surface area (Å²) in [5, 5.41) is 23.0. The van der Waals surface area contributed by atoms with Crippen LogP contribution in [0.15, 0.2) is 85.2 Å². The van der Waals surface area contributed by atoms with E-state index in [4.69, 9.17) is 0 Å². The number of aliphatic hydroxyl groups is 1. The second-order valence-corrected chi connectivity index (χ2v) is 17.8. The van der Waals surface area contributed by atoms with E-state index in [1.807, 2.05) is 42.7 Å². The molecule has 0 aliphatic carbocycles. The number of hydrogen-bond donors (Lipinski definition) is 5. The Labute approximate surface area is 363 Å².